The molecule has 1 aliphatic heterocycles. The molecule has 0 radical (unpaired) electrons. The van der Waals surface area contributed by atoms with Crippen molar-refractivity contribution in [1.82, 2.24) is 25.4 Å². The fourth-order valence-corrected chi connectivity index (χ4v) is 3.81. The van der Waals surface area contributed by atoms with Crippen LogP contribution in [0.25, 0.3) is 11.4 Å². The van der Waals surface area contributed by atoms with Gasteiger partial charge in [-0.3, -0.25) is 10.1 Å². The van der Waals surface area contributed by atoms with Gasteiger partial charge in [-0.05, 0) is 23.8 Å². The van der Waals surface area contributed by atoms with Crippen LogP contribution in [0.4, 0.5) is 5.69 Å². The molecule has 7 nitrogen and oxygen atoms in total. The van der Waals surface area contributed by atoms with Gasteiger partial charge in [-0.15, -0.1) is 0 Å². The Kier molecular flexibility index (Phi) is 5.95. The van der Waals surface area contributed by atoms with Gasteiger partial charge in [-0.1, -0.05) is 41.9 Å². The number of hydrogen-bond acceptors (Lipinski definition) is 4. The number of aromatic amines is 1. The third-order valence-electron chi connectivity index (χ3n) is 5.05. The number of halogens is 1. The SMILES string of the molecule is CN=C(NCc1cccc(-c2ncn[nH]2)c1)N1CCN(c2ccccc2Cl)CC1. The van der Waals surface area contributed by atoms with Crippen LogP contribution in [0.15, 0.2) is 59.9 Å². The quantitative estimate of drug-likeness (QED) is 0.512. The van der Waals surface area contributed by atoms with E-state index in [1.807, 2.05) is 37.4 Å². The van der Waals surface area contributed by atoms with Crippen LogP contribution in [0, 0.1) is 0 Å². The number of aromatic nitrogens is 3. The summed E-state index contributed by atoms with van der Waals surface area (Å²) in [6, 6.07) is 16.3. The van der Waals surface area contributed by atoms with E-state index in [2.05, 4.69) is 53.5 Å². The smallest absolute Gasteiger partial charge is 0.194 e. The van der Waals surface area contributed by atoms with Crippen LogP contribution in [0.1, 0.15) is 5.56 Å². The summed E-state index contributed by atoms with van der Waals surface area (Å²) in [7, 11) is 1.83. The molecule has 4 rings (SSSR count). The number of hydrogen-bond donors (Lipinski definition) is 2. The number of nitrogens with zero attached hydrogens (tertiary/aromatic N) is 5. The maximum absolute atomic E-state index is 6.35. The van der Waals surface area contributed by atoms with E-state index in [0.717, 1.165) is 59.8 Å². The maximum atomic E-state index is 6.35. The molecule has 0 saturated carbocycles. The van der Waals surface area contributed by atoms with Crippen LogP contribution < -0.4 is 10.2 Å². The number of piperazine rings is 1. The highest BCUT2D eigenvalue weighted by atomic mass is 35.5. The number of aliphatic imine (C=N–C) groups is 1. The normalized spacial score (nSPS) is 14.9. The highest BCUT2D eigenvalue weighted by molar-refractivity contribution is 6.33. The first-order chi connectivity index (χ1) is 14.2. The molecular weight excluding hydrogens is 386 g/mol. The van der Waals surface area contributed by atoms with Gasteiger partial charge >= 0.3 is 0 Å². The average molecular weight is 410 g/mol. The van der Waals surface area contributed by atoms with Gasteiger partial charge in [0, 0.05) is 45.3 Å². The first-order valence-corrected chi connectivity index (χ1v) is 10.0. The number of rotatable bonds is 4. The van der Waals surface area contributed by atoms with Crippen LogP contribution in [-0.2, 0) is 6.54 Å². The Morgan fingerprint density at radius 3 is 2.69 bits per heavy atom. The molecule has 2 aromatic carbocycles. The number of H-pyrrole nitrogens is 1. The Labute approximate surface area is 175 Å². The molecular formula is C21H24ClN7. The van der Waals surface area contributed by atoms with Crippen LogP contribution >= 0.6 is 11.6 Å². The van der Waals surface area contributed by atoms with Crippen molar-refractivity contribution in [2.24, 2.45) is 4.99 Å². The van der Waals surface area contributed by atoms with Crippen molar-refractivity contribution in [3.8, 4) is 11.4 Å². The minimum absolute atomic E-state index is 0.694. The van der Waals surface area contributed by atoms with Crippen LogP contribution in [0.2, 0.25) is 5.02 Å². The largest absolute Gasteiger partial charge is 0.367 e. The zero-order valence-electron chi connectivity index (χ0n) is 16.3. The summed E-state index contributed by atoms with van der Waals surface area (Å²) in [5.41, 5.74) is 3.28. The standard InChI is InChI=1S/C21H24ClN7/c1-23-21(24-14-16-5-4-6-17(13-16)20-25-15-26-27-20)29-11-9-28(10-12-29)19-8-3-2-7-18(19)22/h2-8,13,15H,9-12,14H2,1H3,(H,23,24)(H,25,26,27). The van der Waals surface area contributed by atoms with Gasteiger partial charge in [0.05, 0.1) is 10.7 Å². The maximum Gasteiger partial charge on any atom is 0.194 e. The molecule has 150 valence electrons. The predicted molar refractivity (Wildman–Crippen MR) is 117 cm³/mol. The second kappa shape index (κ2) is 8.96. The summed E-state index contributed by atoms with van der Waals surface area (Å²) in [6.45, 7) is 4.29. The van der Waals surface area contributed by atoms with Gasteiger partial charge in [-0.25, -0.2) is 4.98 Å². The van der Waals surface area contributed by atoms with Crippen molar-refractivity contribution in [3.63, 3.8) is 0 Å². The Morgan fingerprint density at radius 2 is 1.97 bits per heavy atom. The highest BCUT2D eigenvalue weighted by Gasteiger charge is 2.21. The zero-order chi connectivity index (χ0) is 20.1. The van der Waals surface area contributed by atoms with E-state index in [9.17, 15) is 0 Å². The minimum atomic E-state index is 0.694. The van der Waals surface area contributed by atoms with Gasteiger partial charge < -0.3 is 15.1 Å². The molecule has 2 heterocycles. The van der Waals surface area contributed by atoms with Crippen molar-refractivity contribution in [1.29, 1.82) is 0 Å². The van der Waals surface area contributed by atoms with Gasteiger partial charge in [0.25, 0.3) is 0 Å². The Bertz CT molecular complexity index is 963. The second-order valence-electron chi connectivity index (χ2n) is 6.86. The Hall–Kier alpha value is -3.06. The summed E-state index contributed by atoms with van der Waals surface area (Å²) in [5, 5.41) is 11.1. The first kappa shape index (κ1) is 19.3. The molecule has 0 atom stereocenters. The van der Waals surface area contributed by atoms with Gasteiger partial charge in [0.2, 0.25) is 0 Å². The molecule has 1 fully saturated rings. The van der Waals surface area contributed by atoms with E-state index in [0.29, 0.717) is 6.54 Å². The van der Waals surface area contributed by atoms with Crippen molar-refractivity contribution in [2.45, 2.75) is 6.54 Å². The van der Waals surface area contributed by atoms with Crippen molar-refractivity contribution in [2.75, 3.05) is 38.1 Å². The number of benzene rings is 2. The van der Waals surface area contributed by atoms with E-state index in [4.69, 9.17) is 11.6 Å². The second-order valence-corrected chi connectivity index (χ2v) is 7.27. The summed E-state index contributed by atoms with van der Waals surface area (Å²) in [4.78, 5) is 13.3. The number of guanidine groups is 1. The summed E-state index contributed by atoms with van der Waals surface area (Å²) in [5.74, 6) is 1.68. The van der Waals surface area contributed by atoms with Crippen LogP contribution in [0.5, 0.6) is 0 Å². The molecule has 0 amide bonds. The lowest BCUT2D eigenvalue weighted by Gasteiger charge is -2.38. The summed E-state index contributed by atoms with van der Waals surface area (Å²) in [6.07, 6.45) is 1.52. The monoisotopic (exact) mass is 409 g/mol. The minimum Gasteiger partial charge on any atom is -0.367 e. The molecule has 1 aliphatic rings. The third-order valence-corrected chi connectivity index (χ3v) is 5.37. The molecule has 1 saturated heterocycles. The van der Waals surface area contributed by atoms with Gasteiger partial charge in [0.15, 0.2) is 11.8 Å². The van der Waals surface area contributed by atoms with Crippen LogP contribution in [0.3, 0.4) is 0 Å². The Morgan fingerprint density at radius 1 is 1.14 bits per heavy atom. The lowest BCUT2D eigenvalue weighted by molar-refractivity contribution is 0.372. The molecule has 8 heteroatoms. The molecule has 1 aromatic heterocycles. The third kappa shape index (κ3) is 4.51. The summed E-state index contributed by atoms with van der Waals surface area (Å²) >= 11 is 6.35. The fraction of sp³-hybridized carbons (Fsp3) is 0.286. The average Bonchev–Trinajstić information content (AvgIpc) is 3.30. The molecule has 0 aliphatic carbocycles. The molecule has 29 heavy (non-hydrogen) atoms. The molecule has 3 aromatic rings. The zero-order valence-corrected chi connectivity index (χ0v) is 17.1. The molecule has 2 N–H and O–H groups in total. The first-order valence-electron chi connectivity index (χ1n) is 9.64. The van der Waals surface area contributed by atoms with E-state index < -0.39 is 0 Å². The van der Waals surface area contributed by atoms with E-state index in [1.54, 1.807) is 0 Å². The van der Waals surface area contributed by atoms with Gasteiger partial charge in [-0.2, -0.15) is 5.10 Å². The van der Waals surface area contributed by atoms with Crippen molar-refractivity contribution in [3.05, 3.63) is 65.4 Å². The van der Waals surface area contributed by atoms with Crippen LogP contribution in [-0.4, -0.2) is 59.3 Å². The highest BCUT2D eigenvalue weighted by Crippen LogP contribution is 2.26. The summed E-state index contributed by atoms with van der Waals surface area (Å²) < 4.78 is 0. The lowest BCUT2D eigenvalue weighted by atomic mass is 10.1. The van der Waals surface area contributed by atoms with E-state index in [-0.39, 0.29) is 0 Å². The number of anilines is 1. The van der Waals surface area contributed by atoms with E-state index >= 15 is 0 Å². The topological polar surface area (TPSA) is 72.4 Å². The van der Waals surface area contributed by atoms with E-state index in [1.165, 1.54) is 6.33 Å². The molecule has 0 spiro atoms. The molecule has 0 bridgehead atoms. The van der Waals surface area contributed by atoms with Crippen molar-refractivity contribution >= 4 is 23.2 Å². The van der Waals surface area contributed by atoms with Crippen molar-refractivity contribution < 1.29 is 0 Å². The predicted octanol–water partition coefficient (Wildman–Crippen LogP) is 3.02. The van der Waals surface area contributed by atoms with Gasteiger partial charge in [0.1, 0.15) is 6.33 Å². The Balaban J connectivity index is 1.35. The molecule has 0 unspecified atom stereocenters. The lowest BCUT2D eigenvalue weighted by Crippen LogP contribution is -2.52. The number of nitrogens with one attached hydrogen (secondary N) is 2. The fourth-order valence-electron chi connectivity index (χ4n) is 3.55. The number of para-hydroxylation sites is 1.